The highest BCUT2D eigenvalue weighted by molar-refractivity contribution is 5.70. The fourth-order valence-corrected chi connectivity index (χ4v) is 2.32. The van der Waals surface area contributed by atoms with Crippen LogP contribution in [0, 0.1) is 6.92 Å². The first kappa shape index (κ1) is 13.2. The van der Waals surface area contributed by atoms with E-state index >= 15 is 0 Å². The van der Waals surface area contributed by atoms with Gasteiger partial charge in [-0.25, -0.2) is 9.67 Å². The largest absolute Gasteiger partial charge is 0.383 e. The molecule has 0 fully saturated rings. The minimum absolute atomic E-state index is 0.639. The SMILES string of the molecule is C=CCn1c(C)nc(-c2cnn(-c3ccccc3)c2)c1N. The lowest BCUT2D eigenvalue weighted by atomic mass is 10.2. The molecule has 5 heteroatoms. The number of para-hydroxylation sites is 1. The quantitative estimate of drug-likeness (QED) is 0.747. The topological polar surface area (TPSA) is 61.7 Å². The Labute approximate surface area is 123 Å². The molecule has 3 rings (SSSR count). The van der Waals surface area contributed by atoms with Gasteiger partial charge in [0.05, 0.1) is 11.9 Å². The van der Waals surface area contributed by atoms with E-state index in [0.29, 0.717) is 12.4 Å². The number of aryl methyl sites for hydroxylation is 1. The predicted molar refractivity (Wildman–Crippen MR) is 84.1 cm³/mol. The Morgan fingerprint density at radius 2 is 2.05 bits per heavy atom. The van der Waals surface area contributed by atoms with Crippen LogP contribution in [0.25, 0.3) is 16.9 Å². The van der Waals surface area contributed by atoms with Crippen molar-refractivity contribution in [2.24, 2.45) is 0 Å². The number of benzene rings is 1. The summed E-state index contributed by atoms with van der Waals surface area (Å²) in [6.45, 7) is 6.33. The molecule has 0 saturated carbocycles. The number of rotatable bonds is 4. The van der Waals surface area contributed by atoms with Gasteiger partial charge in [-0.1, -0.05) is 24.3 Å². The average Bonchev–Trinajstić information content (AvgIpc) is 3.09. The van der Waals surface area contributed by atoms with E-state index in [-0.39, 0.29) is 0 Å². The maximum Gasteiger partial charge on any atom is 0.132 e. The fourth-order valence-electron chi connectivity index (χ4n) is 2.32. The van der Waals surface area contributed by atoms with Crippen LogP contribution in [0.2, 0.25) is 0 Å². The first-order valence-corrected chi connectivity index (χ1v) is 6.74. The van der Waals surface area contributed by atoms with Crippen molar-refractivity contribution < 1.29 is 0 Å². The van der Waals surface area contributed by atoms with E-state index in [9.17, 15) is 0 Å². The maximum absolute atomic E-state index is 6.19. The Bertz CT molecular complexity index is 767. The molecule has 0 radical (unpaired) electrons. The van der Waals surface area contributed by atoms with E-state index in [1.165, 1.54) is 0 Å². The third-order valence-corrected chi connectivity index (χ3v) is 3.39. The van der Waals surface area contributed by atoms with E-state index in [2.05, 4.69) is 16.7 Å². The second kappa shape index (κ2) is 5.28. The molecule has 2 aromatic heterocycles. The standard InChI is InChI=1S/C16H17N5/c1-3-9-20-12(2)19-15(16(20)17)13-10-18-21(11-13)14-7-5-4-6-8-14/h3-8,10-11H,1,9,17H2,2H3. The third kappa shape index (κ3) is 2.33. The number of nitrogens with zero attached hydrogens (tertiary/aromatic N) is 4. The van der Waals surface area contributed by atoms with Gasteiger partial charge in [0.1, 0.15) is 17.3 Å². The van der Waals surface area contributed by atoms with Crippen molar-refractivity contribution in [1.29, 1.82) is 0 Å². The van der Waals surface area contributed by atoms with Crippen molar-refractivity contribution >= 4 is 5.82 Å². The molecule has 0 aliphatic carbocycles. The molecule has 2 N–H and O–H groups in total. The summed E-state index contributed by atoms with van der Waals surface area (Å²) in [6.07, 6.45) is 5.53. The molecule has 0 aliphatic rings. The minimum atomic E-state index is 0.639. The molecule has 2 heterocycles. The number of hydrogen-bond donors (Lipinski definition) is 1. The molecule has 1 aromatic carbocycles. The van der Waals surface area contributed by atoms with Crippen molar-refractivity contribution in [1.82, 2.24) is 19.3 Å². The van der Waals surface area contributed by atoms with Gasteiger partial charge in [-0.2, -0.15) is 5.10 Å². The Morgan fingerprint density at radius 3 is 2.76 bits per heavy atom. The van der Waals surface area contributed by atoms with Crippen LogP contribution < -0.4 is 5.73 Å². The summed E-state index contributed by atoms with van der Waals surface area (Å²) in [7, 11) is 0. The van der Waals surface area contributed by atoms with E-state index in [1.54, 1.807) is 6.20 Å². The highest BCUT2D eigenvalue weighted by atomic mass is 15.3. The van der Waals surface area contributed by atoms with Gasteiger partial charge < -0.3 is 10.3 Å². The Morgan fingerprint density at radius 1 is 1.29 bits per heavy atom. The molecular formula is C16H17N5. The number of nitrogens with two attached hydrogens (primary N) is 1. The smallest absolute Gasteiger partial charge is 0.132 e. The van der Waals surface area contributed by atoms with Crippen LogP contribution in [-0.2, 0) is 6.54 Å². The lowest BCUT2D eigenvalue weighted by Gasteiger charge is -2.03. The van der Waals surface area contributed by atoms with Crippen LogP contribution in [-0.4, -0.2) is 19.3 Å². The summed E-state index contributed by atoms with van der Waals surface area (Å²) < 4.78 is 3.75. The lowest BCUT2D eigenvalue weighted by Crippen LogP contribution is -2.03. The van der Waals surface area contributed by atoms with Gasteiger partial charge in [0.2, 0.25) is 0 Å². The zero-order valence-electron chi connectivity index (χ0n) is 11.9. The minimum Gasteiger partial charge on any atom is -0.383 e. The van der Waals surface area contributed by atoms with Gasteiger partial charge in [-0.05, 0) is 19.1 Å². The van der Waals surface area contributed by atoms with Gasteiger partial charge in [0.15, 0.2) is 0 Å². The van der Waals surface area contributed by atoms with Gasteiger partial charge in [-0.15, -0.1) is 6.58 Å². The first-order chi connectivity index (χ1) is 10.2. The van der Waals surface area contributed by atoms with Crippen LogP contribution in [0.15, 0.2) is 55.4 Å². The maximum atomic E-state index is 6.19. The van der Waals surface area contributed by atoms with E-state index < -0.39 is 0 Å². The average molecular weight is 279 g/mol. The summed E-state index contributed by atoms with van der Waals surface area (Å²) in [4.78, 5) is 4.54. The van der Waals surface area contributed by atoms with Crippen molar-refractivity contribution in [2.75, 3.05) is 5.73 Å². The molecule has 0 atom stereocenters. The van der Waals surface area contributed by atoms with Crippen LogP contribution in [0.4, 0.5) is 5.82 Å². The van der Waals surface area contributed by atoms with E-state index in [4.69, 9.17) is 5.73 Å². The Hall–Kier alpha value is -2.82. The van der Waals surface area contributed by atoms with Crippen LogP contribution in [0.3, 0.4) is 0 Å². The van der Waals surface area contributed by atoms with E-state index in [0.717, 1.165) is 22.8 Å². The van der Waals surface area contributed by atoms with Crippen molar-refractivity contribution in [2.45, 2.75) is 13.5 Å². The second-order valence-corrected chi connectivity index (χ2v) is 4.80. The molecule has 3 aromatic rings. The van der Waals surface area contributed by atoms with Gasteiger partial charge >= 0.3 is 0 Å². The monoisotopic (exact) mass is 279 g/mol. The molecule has 0 saturated heterocycles. The zero-order chi connectivity index (χ0) is 14.8. The summed E-state index contributed by atoms with van der Waals surface area (Å²) in [6, 6.07) is 9.94. The first-order valence-electron chi connectivity index (χ1n) is 6.74. The molecule has 21 heavy (non-hydrogen) atoms. The normalized spacial score (nSPS) is 10.7. The highest BCUT2D eigenvalue weighted by Gasteiger charge is 2.14. The van der Waals surface area contributed by atoms with Crippen LogP contribution in [0.5, 0.6) is 0 Å². The summed E-state index contributed by atoms with van der Waals surface area (Å²) in [5.41, 5.74) is 8.86. The van der Waals surface area contributed by atoms with Crippen LogP contribution >= 0.6 is 0 Å². The number of nitrogen functional groups attached to an aromatic ring is 1. The molecule has 0 bridgehead atoms. The molecule has 0 aliphatic heterocycles. The number of allylic oxidation sites excluding steroid dienone is 1. The van der Waals surface area contributed by atoms with Gasteiger partial charge in [-0.3, -0.25) is 0 Å². The molecule has 0 spiro atoms. The number of imidazole rings is 1. The third-order valence-electron chi connectivity index (χ3n) is 3.39. The predicted octanol–water partition coefficient (Wildman–Crippen LogP) is 2.81. The Kier molecular flexibility index (Phi) is 3.31. The number of aromatic nitrogens is 4. The second-order valence-electron chi connectivity index (χ2n) is 4.80. The number of anilines is 1. The Balaban J connectivity index is 2.01. The fraction of sp³-hybridized carbons (Fsp3) is 0.125. The molecule has 106 valence electrons. The van der Waals surface area contributed by atoms with E-state index in [1.807, 2.05) is 58.8 Å². The summed E-state index contributed by atoms with van der Waals surface area (Å²) in [5, 5.41) is 4.38. The van der Waals surface area contributed by atoms with Crippen LogP contribution in [0.1, 0.15) is 5.82 Å². The van der Waals surface area contributed by atoms with Gasteiger partial charge in [0, 0.05) is 18.3 Å². The van der Waals surface area contributed by atoms with Crippen molar-refractivity contribution in [3.05, 3.63) is 61.2 Å². The van der Waals surface area contributed by atoms with Crippen molar-refractivity contribution in [3.63, 3.8) is 0 Å². The number of hydrogen-bond acceptors (Lipinski definition) is 3. The molecular weight excluding hydrogens is 262 g/mol. The lowest BCUT2D eigenvalue weighted by molar-refractivity contribution is 0.792. The molecule has 0 unspecified atom stereocenters. The zero-order valence-corrected chi connectivity index (χ0v) is 11.9. The molecule has 5 nitrogen and oxygen atoms in total. The highest BCUT2D eigenvalue weighted by Crippen LogP contribution is 2.26. The summed E-state index contributed by atoms with van der Waals surface area (Å²) >= 11 is 0. The van der Waals surface area contributed by atoms with Crippen molar-refractivity contribution in [3.8, 4) is 16.9 Å². The summed E-state index contributed by atoms with van der Waals surface area (Å²) in [5.74, 6) is 1.51. The van der Waals surface area contributed by atoms with Gasteiger partial charge in [0.25, 0.3) is 0 Å². The molecule has 0 amide bonds.